The van der Waals surface area contributed by atoms with Crippen LogP contribution in [0, 0.1) is 0 Å². The third-order valence-corrected chi connectivity index (χ3v) is 7.58. The normalized spacial score (nSPS) is 16.5. The Morgan fingerprint density at radius 3 is 2.70 bits per heavy atom. The van der Waals surface area contributed by atoms with Gasteiger partial charge in [0.15, 0.2) is 17.4 Å². The maximum absolute atomic E-state index is 6.36. The van der Waals surface area contributed by atoms with Gasteiger partial charge in [0.05, 0.1) is 4.88 Å². The van der Waals surface area contributed by atoms with Crippen molar-refractivity contribution in [2.24, 2.45) is 10.7 Å². The van der Waals surface area contributed by atoms with Gasteiger partial charge in [0.2, 0.25) is 0 Å². The zero-order chi connectivity index (χ0) is 20.8. The highest BCUT2D eigenvalue weighted by Gasteiger charge is 2.20. The number of nitrogens with one attached hydrogen (secondary N) is 2. The molecule has 0 amide bonds. The number of thiophene rings is 1. The number of hydrogen-bond acceptors (Lipinski definition) is 7. The largest absolute Gasteiger partial charge is 0.343 e. The van der Waals surface area contributed by atoms with E-state index in [9.17, 15) is 0 Å². The standard InChI is InChI=1S/C21H26N6S3/c1-15(29-16-8-3-2-4-9-16)24-20(27-11-5-6-12-27)25-19(22)26-21-23-14-18(30-21)17-10-7-13-28-17/h2-4,7-10,13-15,19H,5-6,11-12,22H2,1H3,(H,23,26)(H,24,25). The molecule has 0 saturated carbocycles. The summed E-state index contributed by atoms with van der Waals surface area (Å²) < 4.78 is 0. The number of nitrogens with two attached hydrogens (primary N) is 1. The summed E-state index contributed by atoms with van der Waals surface area (Å²) in [5.41, 5.74) is 6.36. The lowest BCUT2D eigenvalue weighted by molar-refractivity contribution is 0.480. The van der Waals surface area contributed by atoms with Crippen molar-refractivity contribution in [1.82, 2.24) is 15.2 Å². The molecular weight excluding hydrogens is 432 g/mol. The van der Waals surface area contributed by atoms with Gasteiger partial charge in [0.1, 0.15) is 5.37 Å². The average molecular weight is 459 g/mol. The lowest BCUT2D eigenvalue weighted by Crippen LogP contribution is -2.52. The highest BCUT2D eigenvalue weighted by molar-refractivity contribution is 7.99. The van der Waals surface area contributed by atoms with Crippen LogP contribution in [0.5, 0.6) is 0 Å². The van der Waals surface area contributed by atoms with E-state index in [1.54, 1.807) is 34.4 Å². The first-order chi connectivity index (χ1) is 14.7. The van der Waals surface area contributed by atoms with E-state index in [2.05, 4.69) is 63.2 Å². The summed E-state index contributed by atoms with van der Waals surface area (Å²) in [5, 5.41) is 9.58. The van der Waals surface area contributed by atoms with Crippen molar-refractivity contribution in [3.63, 3.8) is 0 Å². The van der Waals surface area contributed by atoms with E-state index in [1.165, 1.54) is 22.6 Å². The smallest absolute Gasteiger partial charge is 0.197 e. The van der Waals surface area contributed by atoms with E-state index in [0.717, 1.165) is 29.1 Å². The summed E-state index contributed by atoms with van der Waals surface area (Å²) in [6, 6.07) is 14.5. The number of rotatable bonds is 7. The summed E-state index contributed by atoms with van der Waals surface area (Å²) in [6.45, 7) is 4.12. The first kappa shape index (κ1) is 21.2. The van der Waals surface area contributed by atoms with Crippen molar-refractivity contribution in [3.05, 3.63) is 54.0 Å². The first-order valence-electron chi connectivity index (χ1n) is 10.0. The maximum atomic E-state index is 6.36. The zero-order valence-corrected chi connectivity index (χ0v) is 19.3. The van der Waals surface area contributed by atoms with Crippen LogP contribution in [0.3, 0.4) is 0 Å². The average Bonchev–Trinajstić information content (AvgIpc) is 3.50. The van der Waals surface area contributed by atoms with Gasteiger partial charge in [-0.1, -0.05) is 47.4 Å². The molecule has 0 radical (unpaired) electrons. The molecule has 3 heterocycles. The Morgan fingerprint density at radius 2 is 1.97 bits per heavy atom. The second kappa shape index (κ2) is 10.3. The number of anilines is 1. The Hall–Kier alpha value is -2.07. The number of aromatic nitrogens is 1. The van der Waals surface area contributed by atoms with E-state index in [1.807, 2.05) is 18.3 Å². The Balaban J connectivity index is 1.41. The molecule has 9 heteroatoms. The van der Waals surface area contributed by atoms with Crippen LogP contribution in [0.1, 0.15) is 19.8 Å². The summed E-state index contributed by atoms with van der Waals surface area (Å²) in [7, 11) is 0. The van der Waals surface area contributed by atoms with Crippen LogP contribution in [0.2, 0.25) is 0 Å². The molecule has 6 nitrogen and oxygen atoms in total. The number of aliphatic imine (C=N–C) groups is 1. The molecule has 0 aliphatic carbocycles. The quantitative estimate of drug-likeness (QED) is 0.206. The number of thioether (sulfide) groups is 1. The van der Waals surface area contributed by atoms with Crippen LogP contribution >= 0.6 is 34.4 Å². The van der Waals surface area contributed by atoms with Crippen molar-refractivity contribution in [3.8, 4) is 9.75 Å². The molecule has 1 aromatic carbocycles. The Morgan fingerprint density at radius 1 is 1.17 bits per heavy atom. The van der Waals surface area contributed by atoms with Gasteiger partial charge in [0.25, 0.3) is 0 Å². The van der Waals surface area contributed by atoms with Gasteiger partial charge in [-0.15, -0.1) is 11.3 Å². The number of hydrogen-bond donors (Lipinski definition) is 3. The fraction of sp³-hybridized carbons (Fsp3) is 0.333. The van der Waals surface area contributed by atoms with Crippen LogP contribution in [0.15, 0.2) is 63.9 Å². The van der Waals surface area contributed by atoms with Crippen molar-refractivity contribution < 1.29 is 0 Å². The molecule has 158 valence electrons. The van der Waals surface area contributed by atoms with Gasteiger partial charge in [-0.2, -0.15) is 0 Å². The Bertz CT molecular complexity index is 935. The summed E-state index contributed by atoms with van der Waals surface area (Å²) in [6.07, 6.45) is 3.78. The topological polar surface area (TPSA) is 78.6 Å². The molecular formula is C21H26N6S3. The van der Waals surface area contributed by atoms with Crippen LogP contribution in [-0.2, 0) is 0 Å². The van der Waals surface area contributed by atoms with E-state index in [0.29, 0.717) is 0 Å². The minimum atomic E-state index is -0.472. The van der Waals surface area contributed by atoms with Gasteiger partial charge in [0, 0.05) is 29.1 Å². The maximum Gasteiger partial charge on any atom is 0.197 e. The second-order valence-electron chi connectivity index (χ2n) is 6.95. The van der Waals surface area contributed by atoms with E-state index in [4.69, 9.17) is 10.7 Å². The van der Waals surface area contributed by atoms with Crippen LogP contribution < -0.4 is 16.4 Å². The Kier molecular flexibility index (Phi) is 7.27. The van der Waals surface area contributed by atoms with E-state index < -0.39 is 6.29 Å². The second-order valence-corrected chi connectivity index (χ2v) is 10.3. The molecule has 0 spiro atoms. The van der Waals surface area contributed by atoms with Crippen molar-refractivity contribution in [2.45, 2.75) is 36.3 Å². The molecule has 2 atom stereocenters. The molecule has 1 aliphatic heterocycles. The summed E-state index contributed by atoms with van der Waals surface area (Å²) in [5.74, 6) is 0.846. The van der Waals surface area contributed by atoms with Crippen molar-refractivity contribution in [1.29, 1.82) is 0 Å². The van der Waals surface area contributed by atoms with Gasteiger partial charge >= 0.3 is 0 Å². The Labute approximate surface area is 189 Å². The fourth-order valence-corrected chi connectivity index (χ4v) is 5.75. The molecule has 0 bridgehead atoms. The van der Waals surface area contributed by atoms with Crippen LogP contribution in [0.4, 0.5) is 5.13 Å². The molecule has 4 N–H and O–H groups in total. The summed E-state index contributed by atoms with van der Waals surface area (Å²) in [4.78, 5) is 15.3. The lowest BCUT2D eigenvalue weighted by Gasteiger charge is -2.26. The van der Waals surface area contributed by atoms with Gasteiger partial charge in [-0.3, -0.25) is 5.73 Å². The number of guanidine groups is 1. The predicted molar refractivity (Wildman–Crippen MR) is 130 cm³/mol. The number of thiazole rings is 1. The third-order valence-electron chi connectivity index (χ3n) is 4.59. The van der Waals surface area contributed by atoms with Gasteiger partial charge in [-0.25, -0.2) is 9.98 Å². The first-order valence-corrected chi connectivity index (χ1v) is 12.6. The van der Waals surface area contributed by atoms with Crippen molar-refractivity contribution in [2.75, 3.05) is 18.4 Å². The molecule has 1 aliphatic rings. The predicted octanol–water partition coefficient (Wildman–Crippen LogP) is 4.71. The SMILES string of the molecule is CC(N=C(NC(N)Nc1ncc(-c2cccs2)s1)N1CCCC1)Sc1ccccc1. The van der Waals surface area contributed by atoms with Crippen molar-refractivity contribution >= 4 is 45.5 Å². The molecule has 2 aromatic heterocycles. The number of benzene rings is 1. The fourth-order valence-electron chi connectivity index (χ4n) is 3.22. The molecule has 3 aromatic rings. The number of likely N-dealkylation sites (tertiary alicyclic amines) is 1. The van der Waals surface area contributed by atoms with Gasteiger partial charge < -0.3 is 15.5 Å². The zero-order valence-electron chi connectivity index (χ0n) is 16.8. The molecule has 30 heavy (non-hydrogen) atoms. The minimum absolute atomic E-state index is 0.0768. The number of nitrogens with zero attached hydrogens (tertiary/aromatic N) is 3. The molecule has 4 rings (SSSR count). The highest BCUT2D eigenvalue weighted by atomic mass is 32.2. The van der Waals surface area contributed by atoms with Gasteiger partial charge in [-0.05, 0) is 43.3 Å². The minimum Gasteiger partial charge on any atom is -0.343 e. The highest BCUT2D eigenvalue weighted by Crippen LogP contribution is 2.32. The molecule has 1 fully saturated rings. The monoisotopic (exact) mass is 458 g/mol. The lowest BCUT2D eigenvalue weighted by atomic mass is 10.4. The van der Waals surface area contributed by atoms with E-state index >= 15 is 0 Å². The van der Waals surface area contributed by atoms with E-state index in [-0.39, 0.29) is 5.37 Å². The molecule has 2 unspecified atom stereocenters. The van der Waals surface area contributed by atoms with Crippen LogP contribution in [-0.4, -0.2) is 40.6 Å². The molecule has 1 saturated heterocycles. The third kappa shape index (κ3) is 5.75. The van der Waals surface area contributed by atoms with Crippen LogP contribution in [0.25, 0.3) is 9.75 Å². The summed E-state index contributed by atoms with van der Waals surface area (Å²) >= 11 is 5.05.